The number of nitrogens with zero attached hydrogens (tertiary/aromatic N) is 1. The van der Waals surface area contributed by atoms with Crippen LogP contribution in [0.5, 0.6) is 0 Å². The average Bonchev–Trinajstić information content (AvgIpc) is 2.56. The van der Waals surface area contributed by atoms with Gasteiger partial charge < -0.3 is 5.32 Å². The normalized spacial score (nSPS) is 11.2. The third kappa shape index (κ3) is 6.14. The molecular weight excluding hydrogens is 416 g/mol. The number of amides is 1. The van der Waals surface area contributed by atoms with Gasteiger partial charge in [-0.3, -0.25) is 9.10 Å². The van der Waals surface area contributed by atoms with Crippen molar-refractivity contribution in [3.05, 3.63) is 64.1 Å². The molecule has 0 aliphatic carbocycles. The number of benzene rings is 2. The van der Waals surface area contributed by atoms with Crippen molar-refractivity contribution in [2.24, 2.45) is 0 Å². The first-order valence-electron chi connectivity index (χ1n) is 8.32. The van der Waals surface area contributed by atoms with Gasteiger partial charge in [0.1, 0.15) is 6.54 Å². The van der Waals surface area contributed by atoms with Crippen LogP contribution >= 0.6 is 15.9 Å². The van der Waals surface area contributed by atoms with Gasteiger partial charge in [0, 0.05) is 11.0 Å². The molecule has 0 aromatic heterocycles. The fourth-order valence-corrected chi connectivity index (χ4v) is 4.09. The first-order valence-corrected chi connectivity index (χ1v) is 11.0. The molecule has 0 atom stereocenters. The Labute approximate surface area is 163 Å². The van der Waals surface area contributed by atoms with Gasteiger partial charge in [-0.1, -0.05) is 42.0 Å². The summed E-state index contributed by atoms with van der Waals surface area (Å²) in [5.41, 5.74) is 2.89. The molecule has 5 nitrogen and oxygen atoms in total. The first kappa shape index (κ1) is 20.5. The van der Waals surface area contributed by atoms with Crippen molar-refractivity contribution in [1.29, 1.82) is 0 Å². The van der Waals surface area contributed by atoms with Crippen molar-refractivity contribution in [1.82, 2.24) is 5.32 Å². The Bertz CT molecular complexity index is 869. The lowest BCUT2D eigenvalue weighted by Gasteiger charge is -2.23. The predicted octanol–water partition coefficient (Wildman–Crippen LogP) is 3.27. The van der Waals surface area contributed by atoms with Crippen molar-refractivity contribution in [3.63, 3.8) is 0 Å². The molecule has 2 rings (SSSR count). The molecule has 0 saturated heterocycles. The van der Waals surface area contributed by atoms with E-state index < -0.39 is 10.0 Å². The smallest absolute Gasteiger partial charge is 0.240 e. The Kier molecular flexibility index (Phi) is 7.23. The van der Waals surface area contributed by atoms with E-state index in [-0.39, 0.29) is 12.5 Å². The van der Waals surface area contributed by atoms with Gasteiger partial charge in [-0.25, -0.2) is 8.42 Å². The molecule has 0 aliphatic rings. The van der Waals surface area contributed by atoms with Gasteiger partial charge in [-0.05, 0) is 53.4 Å². The maximum absolute atomic E-state index is 12.2. The van der Waals surface area contributed by atoms with Crippen LogP contribution < -0.4 is 9.62 Å². The third-order valence-corrected chi connectivity index (χ3v) is 5.65. The van der Waals surface area contributed by atoms with Gasteiger partial charge in [0.15, 0.2) is 0 Å². The standard InChI is InChI=1S/C19H23BrN2O3S/c1-15-7-5-8-16(13-15)9-6-12-21-19(23)14-22(26(2,24)25)18-11-4-3-10-17(18)20/h3-5,7-8,10-11,13H,6,9,12,14H2,1-2H3,(H,21,23). The predicted molar refractivity (Wildman–Crippen MR) is 109 cm³/mol. The number of para-hydroxylation sites is 1. The van der Waals surface area contributed by atoms with Gasteiger partial charge in [0.25, 0.3) is 0 Å². The van der Waals surface area contributed by atoms with Crippen LogP contribution in [0.4, 0.5) is 5.69 Å². The van der Waals surface area contributed by atoms with E-state index >= 15 is 0 Å². The minimum atomic E-state index is -3.57. The Balaban J connectivity index is 1.91. The Morgan fingerprint density at radius 2 is 1.88 bits per heavy atom. The molecule has 0 heterocycles. The Hall–Kier alpha value is -1.86. The topological polar surface area (TPSA) is 66.5 Å². The SMILES string of the molecule is Cc1cccc(CCCNC(=O)CN(c2ccccc2Br)S(C)(=O)=O)c1. The lowest BCUT2D eigenvalue weighted by atomic mass is 10.1. The molecule has 140 valence electrons. The molecular formula is C19H23BrN2O3S. The van der Waals surface area contributed by atoms with Gasteiger partial charge in [0.2, 0.25) is 15.9 Å². The second-order valence-corrected chi connectivity index (χ2v) is 8.92. The number of sulfonamides is 1. The quantitative estimate of drug-likeness (QED) is 0.643. The highest BCUT2D eigenvalue weighted by Crippen LogP contribution is 2.27. The number of halogens is 1. The summed E-state index contributed by atoms with van der Waals surface area (Å²) in [6, 6.07) is 15.2. The first-order chi connectivity index (χ1) is 12.3. The highest BCUT2D eigenvalue weighted by Gasteiger charge is 2.22. The largest absolute Gasteiger partial charge is 0.355 e. The van der Waals surface area contributed by atoms with Crippen LogP contribution in [-0.4, -0.2) is 33.7 Å². The molecule has 2 aromatic carbocycles. The number of nitrogens with one attached hydrogen (secondary N) is 1. The van der Waals surface area contributed by atoms with Crippen LogP contribution in [0, 0.1) is 6.92 Å². The van der Waals surface area contributed by atoms with Crippen molar-refractivity contribution in [3.8, 4) is 0 Å². The maximum atomic E-state index is 12.2. The van der Waals surface area contributed by atoms with Gasteiger partial charge >= 0.3 is 0 Å². The van der Waals surface area contributed by atoms with Crippen molar-refractivity contribution >= 4 is 37.5 Å². The molecule has 1 amide bonds. The van der Waals surface area contributed by atoms with Gasteiger partial charge in [-0.2, -0.15) is 0 Å². The summed E-state index contributed by atoms with van der Waals surface area (Å²) in [4.78, 5) is 12.2. The van der Waals surface area contributed by atoms with Crippen LogP contribution in [-0.2, 0) is 21.2 Å². The second kappa shape index (κ2) is 9.19. The van der Waals surface area contributed by atoms with Crippen LogP contribution in [0.15, 0.2) is 53.0 Å². The number of hydrogen-bond donors (Lipinski definition) is 1. The van der Waals surface area contributed by atoms with E-state index in [4.69, 9.17) is 0 Å². The summed E-state index contributed by atoms with van der Waals surface area (Å²) in [5.74, 6) is -0.324. The Morgan fingerprint density at radius 3 is 2.54 bits per heavy atom. The van der Waals surface area contributed by atoms with Crippen LogP contribution in [0.25, 0.3) is 0 Å². The van der Waals surface area contributed by atoms with Gasteiger partial charge in [-0.15, -0.1) is 0 Å². The van der Waals surface area contributed by atoms with E-state index in [9.17, 15) is 13.2 Å². The van der Waals surface area contributed by atoms with E-state index in [0.29, 0.717) is 16.7 Å². The monoisotopic (exact) mass is 438 g/mol. The van der Waals surface area contributed by atoms with Crippen LogP contribution in [0.2, 0.25) is 0 Å². The number of rotatable bonds is 8. The fourth-order valence-electron chi connectivity index (χ4n) is 2.61. The van der Waals surface area contributed by atoms with E-state index in [1.54, 1.807) is 24.3 Å². The summed E-state index contributed by atoms with van der Waals surface area (Å²) in [7, 11) is -3.57. The molecule has 0 fully saturated rings. The lowest BCUT2D eigenvalue weighted by Crippen LogP contribution is -2.40. The zero-order valence-electron chi connectivity index (χ0n) is 14.9. The summed E-state index contributed by atoms with van der Waals surface area (Å²) < 4.78 is 25.9. The molecule has 26 heavy (non-hydrogen) atoms. The number of anilines is 1. The second-order valence-electron chi connectivity index (χ2n) is 6.16. The van der Waals surface area contributed by atoms with E-state index in [1.807, 2.05) is 19.1 Å². The molecule has 1 N–H and O–H groups in total. The summed E-state index contributed by atoms with van der Waals surface area (Å²) in [6.07, 6.45) is 2.75. The summed E-state index contributed by atoms with van der Waals surface area (Å²) in [5, 5.41) is 2.80. The van der Waals surface area contributed by atoms with Gasteiger partial charge in [0.05, 0.1) is 11.9 Å². The van der Waals surface area contributed by atoms with E-state index in [0.717, 1.165) is 23.4 Å². The molecule has 0 radical (unpaired) electrons. The number of aryl methyl sites for hydroxylation is 2. The zero-order valence-corrected chi connectivity index (χ0v) is 17.3. The molecule has 0 bridgehead atoms. The van der Waals surface area contributed by atoms with Crippen molar-refractivity contribution in [2.75, 3.05) is 23.7 Å². The molecule has 0 unspecified atom stereocenters. The average molecular weight is 439 g/mol. The van der Waals surface area contributed by atoms with Crippen LogP contribution in [0.1, 0.15) is 17.5 Å². The molecule has 0 spiro atoms. The number of carbonyl (C=O) groups is 1. The van der Waals surface area contributed by atoms with E-state index in [1.165, 1.54) is 11.1 Å². The summed E-state index contributed by atoms with van der Waals surface area (Å²) >= 11 is 3.34. The minimum absolute atomic E-state index is 0.244. The zero-order chi connectivity index (χ0) is 19.2. The number of carbonyl (C=O) groups excluding carboxylic acids is 1. The highest BCUT2D eigenvalue weighted by atomic mass is 79.9. The fraction of sp³-hybridized carbons (Fsp3) is 0.316. The maximum Gasteiger partial charge on any atom is 0.240 e. The third-order valence-electron chi connectivity index (χ3n) is 3.86. The summed E-state index contributed by atoms with van der Waals surface area (Å²) in [6.45, 7) is 2.30. The van der Waals surface area contributed by atoms with Crippen LogP contribution in [0.3, 0.4) is 0 Å². The van der Waals surface area contributed by atoms with Crippen molar-refractivity contribution < 1.29 is 13.2 Å². The molecule has 0 saturated carbocycles. The molecule has 0 aliphatic heterocycles. The lowest BCUT2D eigenvalue weighted by molar-refractivity contribution is -0.119. The highest BCUT2D eigenvalue weighted by molar-refractivity contribution is 9.10. The van der Waals surface area contributed by atoms with E-state index in [2.05, 4.69) is 33.4 Å². The van der Waals surface area contributed by atoms with Crippen molar-refractivity contribution in [2.45, 2.75) is 19.8 Å². The minimum Gasteiger partial charge on any atom is -0.355 e. The molecule has 7 heteroatoms. The molecule has 2 aromatic rings. The number of hydrogen-bond acceptors (Lipinski definition) is 3. The Morgan fingerprint density at radius 1 is 1.15 bits per heavy atom.